The van der Waals surface area contributed by atoms with Crippen molar-refractivity contribution in [3.8, 4) is 0 Å². The maximum Gasteiger partial charge on any atom is 0.448 e. The Morgan fingerprint density at radius 1 is 1.33 bits per heavy atom. The highest BCUT2D eigenvalue weighted by Crippen LogP contribution is 2.24. The fourth-order valence-electron chi connectivity index (χ4n) is 1.54. The third-order valence-electron chi connectivity index (χ3n) is 2.42. The molecule has 0 aromatic heterocycles. The van der Waals surface area contributed by atoms with Gasteiger partial charge in [-0.15, -0.1) is 0 Å². The maximum atomic E-state index is 12.3. The molecule has 98 valence electrons. The van der Waals surface area contributed by atoms with Crippen LogP contribution in [0.25, 0.3) is 0 Å². The van der Waals surface area contributed by atoms with Crippen molar-refractivity contribution < 1.29 is 18.0 Å². The minimum absolute atomic E-state index is 0.0910. The van der Waals surface area contributed by atoms with Gasteiger partial charge in [-0.2, -0.15) is 13.2 Å². The summed E-state index contributed by atoms with van der Waals surface area (Å²) >= 11 is 0. The van der Waals surface area contributed by atoms with Crippen molar-refractivity contribution in [2.45, 2.75) is 18.9 Å². The first kappa shape index (κ1) is 12.7. The first-order valence-electron chi connectivity index (χ1n) is 5.31. The van der Waals surface area contributed by atoms with Gasteiger partial charge in [0.25, 0.3) is 6.23 Å². The Hall–Kier alpha value is -1.76. The van der Waals surface area contributed by atoms with Gasteiger partial charge in [-0.1, -0.05) is 29.4 Å². The molecular weight excluding hydrogens is 247 g/mol. The number of hydrogen-bond donors (Lipinski definition) is 2. The van der Waals surface area contributed by atoms with Gasteiger partial charge < -0.3 is 15.5 Å². The van der Waals surface area contributed by atoms with Crippen molar-refractivity contribution in [1.29, 1.82) is 0 Å². The van der Waals surface area contributed by atoms with Crippen LogP contribution >= 0.6 is 0 Å². The second-order valence-electron chi connectivity index (χ2n) is 3.84. The summed E-state index contributed by atoms with van der Waals surface area (Å²) in [5.41, 5.74) is 1.59. The summed E-state index contributed by atoms with van der Waals surface area (Å²) in [4.78, 5) is 4.30. The third-order valence-corrected chi connectivity index (χ3v) is 2.42. The third kappa shape index (κ3) is 2.73. The molecule has 0 amide bonds. The van der Waals surface area contributed by atoms with Gasteiger partial charge in [0.1, 0.15) is 0 Å². The van der Waals surface area contributed by atoms with Crippen LogP contribution in [0.3, 0.4) is 0 Å². The van der Waals surface area contributed by atoms with Gasteiger partial charge in [-0.3, -0.25) is 0 Å². The molecule has 1 heterocycles. The molecular formula is C11H12F3N3O. The first-order valence-corrected chi connectivity index (χ1v) is 5.31. The molecule has 0 saturated carbocycles. The number of halogens is 3. The molecule has 1 aliphatic heterocycles. The molecule has 1 atom stereocenters. The smallest absolute Gasteiger partial charge is 0.359 e. The summed E-state index contributed by atoms with van der Waals surface area (Å²) in [6.07, 6.45) is -6.54. The van der Waals surface area contributed by atoms with E-state index in [1.165, 1.54) is 0 Å². The highest BCUT2D eigenvalue weighted by Gasteiger charge is 2.45. The minimum Gasteiger partial charge on any atom is -0.359 e. The fraction of sp³-hybridized carbons (Fsp3) is 0.364. The van der Waals surface area contributed by atoms with Gasteiger partial charge >= 0.3 is 6.18 Å². The molecule has 2 N–H and O–H groups in total. The van der Waals surface area contributed by atoms with E-state index in [0.29, 0.717) is 12.1 Å². The lowest BCUT2D eigenvalue weighted by Gasteiger charge is -2.13. The zero-order valence-corrected chi connectivity index (χ0v) is 9.58. The highest BCUT2D eigenvalue weighted by molar-refractivity contribution is 5.99. The zero-order valence-electron chi connectivity index (χ0n) is 9.58. The van der Waals surface area contributed by atoms with E-state index in [9.17, 15) is 13.2 Å². The van der Waals surface area contributed by atoms with Crippen LogP contribution in [0.1, 0.15) is 11.1 Å². The Labute approximate surface area is 102 Å². The largest absolute Gasteiger partial charge is 0.448 e. The second-order valence-corrected chi connectivity index (χ2v) is 3.84. The molecule has 1 aliphatic rings. The lowest BCUT2D eigenvalue weighted by Crippen LogP contribution is -2.41. The van der Waals surface area contributed by atoms with E-state index in [-0.39, 0.29) is 5.84 Å². The molecule has 0 bridgehead atoms. The summed E-state index contributed by atoms with van der Waals surface area (Å²) in [7, 11) is 1.82. The quantitative estimate of drug-likeness (QED) is 0.866. The van der Waals surface area contributed by atoms with E-state index in [1.54, 1.807) is 12.1 Å². The van der Waals surface area contributed by atoms with E-state index in [2.05, 4.69) is 20.6 Å². The normalized spacial score (nSPS) is 19.1. The summed E-state index contributed by atoms with van der Waals surface area (Å²) in [5.74, 6) is 0.0910. The molecule has 1 unspecified atom stereocenters. The number of nitrogens with zero attached hydrogens (tertiary/aromatic N) is 1. The Bertz CT molecular complexity index is 442. The number of alkyl halides is 3. The van der Waals surface area contributed by atoms with E-state index >= 15 is 0 Å². The van der Waals surface area contributed by atoms with E-state index < -0.39 is 12.4 Å². The van der Waals surface area contributed by atoms with E-state index in [1.807, 2.05) is 19.2 Å². The predicted octanol–water partition coefficient (Wildman–Crippen LogP) is 1.58. The van der Waals surface area contributed by atoms with Crippen LogP contribution in [-0.4, -0.2) is 25.3 Å². The van der Waals surface area contributed by atoms with Crippen molar-refractivity contribution in [1.82, 2.24) is 10.6 Å². The highest BCUT2D eigenvalue weighted by atomic mass is 19.4. The average Bonchev–Trinajstić information content (AvgIpc) is 2.79. The fourth-order valence-corrected chi connectivity index (χ4v) is 1.54. The van der Waals surface area contributed by atoms with Crippen LogP contribution in [-0.2, 0) is 11.4 Å². The number of nitrogens with one attached hydrogen (secondary N) is 2. The number of benzene rings is 1. The SMILES string of the molecule is CNCc1ccc(C2=NOC(C(F)(F)F)N2)cc1. The summed E-state index contributed by atoms with van der Waals surface area (Å²) in [6.45, 7) is 0.696. The van der Waals surface area contributed by atoms with Crippen molar-refractivity contribution in [2.75, 3.05) is 7.05 Å². The molecule has 0 radical (unpaired) electrons. The van der Waals surface area contributed by atoms with Crippen LogP contribution in [0.2, 0.25) is 0 Å². The van der Waals surface area contributed by atoms with Crippen molar-refractivity contribution in [2.24, 2.45) is 5.16 Å². The number of amidine groups is 1. The van der Waals surface area contributed by atoms with Crippen molar-refractivity contribution in [3.05, 3.63) is 35.4 Å². The Balaban J connectivity index is 2.05. The van der Waals surface area contributed by atoms with Gasteiger partial charge in [-0.25, -0.2) is 0 Å². The summed E-state index contributed by atoms with van der Waals surface area (Å²) in [5, 5.41) is 8.57. The molecule has 0 spiro atoms. The maximum absolute atomic E-state index is 12.3. The topological polar surface area (TPSA) is 45.7 Å². The standard InChI is InChI=1S/C11H12F3N3O/c1-15-6-7-2-4-8(5-3-7)9-16-10(18-17-9)11(12,13)14/h2-5,10,15H,6H2,1H3,(H,16,17). The number of rotatable bonds is 3. The second kappa shape index (κ2) is 4.85. The molecule has 0 fully saturated rings. The van der Waals surface area contributed by atoms with Crippen LogP contribution in [0, 0.1) is 0 Å². The molecule has 18 heavy (non-hydrogen) atoms. The summed E-state index contributed by atoms with van der Waals surface area (Å²) in [6, 6.07) is 7.02. The molecule has 1 aromatic rings. The predicted molar refractivity (Wildman–Crippen MR) is 59.8 cm³/mol. The van der Waals surface area contributed by atoms with Crippen LogP contribution in [0.4, 0.5) is 13.2 Å². The van der Waals surface area contributed by atoms with Crippen molar-refractivity contribution >= 4 is 5.84 Å². The van der Waals surface area contributed by atoms with Gasteiger partial charge in [0.15, 0.2) is 5.84 Å². The zero-order chi connectivity index (χ0) is 13.2. The Kier molecular flexibility index (Phi) is 3.42. The first-order chi connectivity index (χ1) is 8.50. The monoisotopic (exact) mass is 259 g/mol. The number of oxime groups is 1. The summed E-state index contributed by atoms with van der Waals surface area (Å²) < 4.78 is 37.0. The molecule has 4 nitrogen and oxygen atoms in total. The van der Waals surface area contributed by atoms with E-state index in [4.69, 9.17) is 0 Å². The molecule has 1 aromatic carbocycles. The van der Waals surface area contributed by atoms with Crippen LogP contribution in [0.5, 0.6) is 0 Å². The van der Waals surface area contributed by atoms with Crippen LogP contribution < -0.4 is 10.6 Å². The molecule has 2 rings (SSSR count). The minimum atomic E-state index is -4.47. The molecule has 0 aliphatic carbocycles. The Morgan fingerprint density at radius 3 is 2.50 bits per heavy atom. The van der Waals surface area contributed by atoms with Gasteiger partial charge in [0.2, 0.25) is 0 Å². The number of hydrogen-bond acceptors (Lipinski definition) is 4. The lowest BCUT2D eigenvalue weighted by molar-refractivity contribution is -0.218. The van der Waals surface area contributed by atoms with Gasteiger partial charge in [0, 0.05) is 12.1 Å². The Morgan fingerprint density at radius 2 is 2.00 bits per heavy atom. The van der Waals surface area contributed by atoms with Gasteiger partial charge in [0.05, 0.1) is 0 Å². The van der Waals surface area contributed by atoms with Crippen molar-refractivity contribution in [3.63, 3.8) is 0 Å². The molecule has 0 saturated heterocycles. The molecule has 7 heteroatoms. The lowest BCUT2D eigenvalue weighted by atomic mass is 10.1. The average molecular weight is 259 g/mol. The van der Waals surface area contributed by atoms with Crippen LogP contribution in [0.15, 0.2) is 29.4 Å². The van der Waals surface area contributed by atoms with E-state index in [0.717, 1.165) is 5.56 Å². The van der Waals surface area contributed by atoms with Gasteiger partial charge in [-0.05, 0) is 12.6 Å².